The molecule has 2 N–H and O–H groups in total. The number of aromatic nitrogens is 2. The molecule has 3 heterocycles. The Morgan fingerprint density at radius 3 is 2.95 bits per heavy atom. The van der Waals surface area contributed by atoms with Crippen molar-refractivity contribution in [1.29, 1.82) is 0 Å². The second kappa shape index (κ2) is 3.76. The van der Waals surface area contributed by atoms with Crippen molar-refractivity contribution < 1.29 is 14.7 Å². The third kappa shape index (κ3) is 1.47. The van der Waals surface area contributed by atoms with Crippen LogP contribution in [0.3, 0.4) is 0 Å². The summed E-state index contributed by atoms with van der Waals surface area (Å²) < 4.78 is 0. The molecule has 4 rings (SSSR count). The molecule has 2 aromatic rings. The predicted octanol–water partition coefficient (Wildman–Crippen LogP) is -0.361. The van der Waals surface area contributed by atoms with Crippen LogP contribution in [0.15, 0.2) is 30.6 Å². The van der Waals surface area contributed by atoms with Crippen LogP contribution in [0.1, 0.15) is 15.9 Å². The number of carbonyl (C=O) groups excluding carboxylic acids is 1. The zero-order valence-electron chi connectivity index (χ0n) is 10.7. The zero-order valence-corrected chi connectivity index (χ0v) is 10.7. The number of carbonyl (C=O) groups is 2. The summed E-state index contributed by atoms with van der Waals surface area (Å²) >= 11 is 0. The minimum Gasteiger partial charge on any atom is -0.478 e. The SMILES string of the molecule is O=C(O)c1cnc2c(c1)=C[C@@]1(C=2)C(=O)Nc2ncccc21. The lowest BCUT2D eigenvalue weighted by molar-refractivity contribution is -0.117. The number of aromatic carboxylic acids is 1. The lowest BCUT2D eigenvalue weighted by Crippen LogP contribution is -2.28. The number of hydrogen-bond donors (Lipinski definition) is 2. The fraction of sp³-hybridized carbons (Fsp3) is 0.0667. The molecule has 0 radical (unpaired) electrons. The van der Waals surface area contributed by atoms with Gasteiger partial charge in [0.15, 0.2) is 0 Å². The minimum atomic E-state index is -1.04. The Hall–Kier alpha value is -3.02. The van der Waals surface area contributed by atoms with Crippen molar-refractivity contribution in [3.05, 3.63) is 52.3 Å². The Kier molecular flexibility index (Phi) is 2.11. The van der Waals surface area contributed by atoms with Gasteiger partial charge < -0.3 is 10.4 Å². The van der Waals surface area contributed by atoms with E-state index in [2.05, 4.69) is 15.3 Å². The maximum absolute atomic E-state index is 12.4. The molecule has 102 valence electrons. The third-order valence-electron chi connectivity index (χ3n) is 3.81. The molecule has 1 aliphatic carbocycles. The summed E-state index contributed by atoms with van der Waals surface area (Å²) in [5.74, 6) is -0.718. The first-order valence-corrected chi connectivity index (χ1v) is 6.32. The number of hydrogen-bond acceptors (Lipinski definition) is 4. The highest BCUT2D eigenvalue weighted by molar-refractivity contribution is 6.15. The summed E-state index contributed by atoms with van der Waals surface area (Å²) in [6.07, 6.45) is 6.39. The predicted molar refractivity (Wildman–Crippen MR) is 73.9 cm³/mol. The normalized spacial score (nSPS) is 21.2. The summed E-state index contributed by atoms with van der Waals surface area (Å²) in [6.45, 7) is 0. The van der Waals surface area contributed by atoms with Gasteiger partial charge >= 0.3 is 5.97 Å². The number of amides is 1. The fourth-order valence-electron chi connectivity index (χ4n) is 2.81. The van der Waals surface area contributed by atoms with E-state index in [0.29, 0.717) is 16.4 Å². The number of pyridine rings is 2. The van der Waals surface area contributed by atoms with Crippen molar-refractivity contribution in [3.8, 4) is 0 Å². The molecule has 0 unspecified atom stereocenters. The van der Waals surface area contributed by atoms with Gasteiger partial charge in [-0.1, -0.05) is 12.1 Å². The van der Waals surface area contributed by atoms with Gasteiger partial charge in [-0.05, 0) is 23.4 Å². The Bertz CT molecular complexity index is 935. The molecule has 0 saturated heterocycles. The standard InChI is InChI=1S/C15H9N3O3/c19-13(20)9-4-8-5-15(6-11(8)17-7-9)10-2-1-3-16-12(10)18-14(15)21/h1-7H,(H,19,20)(H,16,18,21)/t15-/m0/s1. The summed E-state index contributed by atoms with van der Waals surface area (Å²) in [4.78, 5) is 31.7. The van der Waals surface area contributed by atoms with Crippen LogP contribution in [0.25, 0.3) is 12.2 Å². The summed E-state index contributed by atoms with van der Waals surface area (Å²) in [7, 11) is 0. The number of fused-ring (bicyclic) bond motifs is 3. The van der Waals surface area contributed by atoms with Gasteiger partial charge in [-0.15, -0.1) is 0 Å². The highest BCUT2D eigenvalue weighted by Gasteiger charge is 2.45. The van der Waals surface area contributed by atoms with Crippen LogP contribution in [-0.4, -0.2) is 27.0 Å². The van der Waals surface area contributed by atoms with E-state index in [0.717, 1.165) is 5.56 Å². The average molecular weight is 279 g/mol. The van der Waals surface area contributed by atoms with Crippen LogP contribution in [0.4, 0.5) is 5.82 Å². The van der Waals surface area contributed by atoms with Gasteiger partial charge in [0.1, 0.15) is 11.2 Å². The van der Waals surface area contributed by atoms with Gasteiger partial charge in [0.05, 0.1) is 10.9 Å². The Morgan fingerprint density at radius 2 is 2.14 bits per heavy atom. The molecule has 0 fully saturated rings. The molecular formula is C15H9N3O3. The first-order valence-electron chi connectivity index (χ1n) is 6.32. The van der Waals surface area contributed by atoms with Crippen molar-refractivity contribution in [3.63, 3.8) is 0 Å². The first kappa shape index (κ1) is 11.8. The number of carboxylic acid groups (broad SMARTS) is 1. The minimum absolute atomic E-state index is 0.0975. The van der Waals surface area contributed by atoms with E-state index in [4.69, 9.17) is 5.11 Å². The van der Waals surface area contributed by atoms with Crippen molar-refractivity contribution in [2.24, 2.45) is 0 Å². The van der Waals surface area contributed by atoms with E-state index >= 15 is 0 Å². The van der Waals surface area contributed by atoms with E-state index < -0.39 is 11.4 Å². The molecule has 1 spiro atoms. The monoisotopic (exact) mass is 279 g/mol. The number of anilines is 1. The van der Waals surface area contributed by atoms with E-state index in [9.17, 15) is 9.59 Å². The lowest BCUT2D eigenvalue weighted by atomic mass is 9.84. The fourth-order valence-corrected chi connectivity index (χ4v) is 2.81. The average Bonchev–Trinajstić information content (AvgIpc) is 2.98. The van der Waals surface area contributed by atoms with Crippen molar-refractivity contribution >= 4 is 29.8 Å². The van der Waals surface area contributed by atoms with Gasteiger partial charge in [-0.2, -0.15) is 0 Å². The molecule has 6 nitrogen and oxygen atoms in total. The van der Waals surface area contributed by atoms with Crippen LogP contribution in [0.5, 0.6) is 0 Å². The lowest BCUT2D eigenvalue weighted by Gasteiger charge is -2.15. The maximum atomic E-state index is 12.4. The highest BCUT2D eigenvalue weighted by atomic mass is 16.4. The molecule has 0 aromatic carbocycles. The summed E-state index contributed by atoms with van der Waals surface area (Å²) in [5, 5.41) is 13.0. The summed E-state index contributed by atoms with van der Waals surface area (Å²) in [5.41, 5.74) is -0.0964. The second-order valence-electron chi connectivity index (χ2n) is 5.01. The number of carboxylic acids is 1. The molecule has 1 aliphatic heterocycles. The Morgan fingerprint density at radius 1 is 1.29 bits per heavy atom. The topological polar surface area (TPSA) is 92.2 Å². The Balaban J connectivity index is 2.00. The quantitative estimate of drug-likeness (QED) is 0.743. The van der Waals surface area contributed by atoms with Crippen LogP contribution in [-0.2, 0) is 10.2 Å². The molecule has 6 heteroatoms. The Labute approximate surface area is 118 Å². The van der Waals surface area contributed by atoms with Gasteiger partial charge in [0, 0.05) is 18.0 Å². The molecule has 2 aromatic heterocycles. The van der Waals surface area contributed by atoms with Crippen LogP contribution >= 0.6 is 0 Å². The number of nitrogens with zero attached hydrogens (tertiary/aromatic N) is 2. The van der Waals surface area contributed by atoms with E-state index in [1.165, 1.54) is 12.3 Å². The van der Waals surface area contributed by atoms with Crippen molar-refractivity contribution in [2.45, 2.75) is 5.41 Å². The van der Waals surface area contributed by atoms with E-state index in [-0.39, 0.29) is 11.5 Å². The smallest absolute Gasteiger partial charge is 0.337 e. The van der Waals surface area contributed by atoms with E-state index in [1.807, 2.05) is 6.07 Å². The number of rotatable bonds is 1. The second-order valence-corrected chi connectivity index (χ2v) is 5.01. The molecule has 0 saturated carbocycles. The van der Waals surface area contributed by atoms with Crippen LogP contribution < -0.4 is 15.9 Å². The third-order valence-corrected chi connectivity index (χ3v) is 3.81. The molecule has 21 heavy (non-hydrogen) atoms. The summed E-state index contributed by atoms with van der Waals surface area (Å²) in [6, 6.07) is 5.12. The van der Waals surface area contributed by atoms with Gasteiger partial charge in [0.2, 0.25) is 5.91 Å². The van der Waals surface area contributed by atoms with Crippen LogP contribution in [0, 0.1) is 0 Å². The molecule has 1 amide bonds. The van der Waals surface area contributed by atoms with Gasteiger partial charge in [-0.25, -0.2) is 9.78 Å². The highest BCUT2D eigenvalue weighted by Crippen LogP contribution is 2.39. The van der Waals surface area contributed by atoms with Crippen LogP contribution in [0.2, 0.25) is 0 Å². The van der Waals surface area contributed by atoms with E-state index in [1.54, 1.807) is 24.4 Å². The molecule has 0 bridgehead atoms. The first-order chi connectivity index (χ1) is 10.1. The molecule has 2 aliphatic rings. The number of nitrogens with one attached hydrogen (secondary N) is 1. The van der Waals surface area contributed by atoms with Gasteiger partial charge in [0.25, 0.3) is 0 Å². The molecular weight excluding hydrogens is 270 g/mol. The molecule has 1 atom stereocenters. The van der Waals surface area contributed by atoms with Gasteiger partial charge in [-0.3, -0.25) is 9.78 Å². The maximum Gasteiger partial charge on any atom is 0.337 e. The largest absolute Gasteiger partial charge is 0.478 e. The van der Waals surface area contributed by atoms with Crippen molar-refractivity contribution in [2.75, 3.05) is 5.32 Å². The zero-order chi connectivity index (χ0) is 14.6. The van der Waals surface area contributed by atoms with Crippen molar-refractivity contribution in [1.82, 2.24) is 9.97 Å².